The molecular weight excluding hydrogens is 266 g/mol. The average Bonchev–Trinajstić information content (AvgIpc) is 2.53. The van der Waals surface area contributed by atoms with E-state index in [0.717, 1.165) is 29.2 Å². The minimum atomic E-state index is -0.898. The van der Waals surface area contributed by atoms with E-state index in [2.05, 4.69) is 0 Å². The number of rotatable bonds is 2. The van der Waals surface area contributed by atoms with Crippen molar-refractivity contribution in [1.29, 1.82) is 0 Å². The zero-order valence-corrected chi connectivity index (χ0v) is 11.8. The van der Waals surface area contributed by atoms with Crippen molar-refractivity contribution in [3.8, 4) is 0 Å². The minimum absolute atomic E-state index is 0.0411. The first-order chi connectivity index (χ1) is 10.2. The molecule has 0 unspecified atom stereocenters. The number of likely N-dealkylation sites (tertiary alicyclic amines) is 1. The van der Waals surface area contributed by atoms with Gasteiger partial charge in [-0.3, -0.25) is 0 Å². The van der Waals surface area contributed by atoms with E-state index in [0.29, 0.717) is 13.1 Å². The Bertz CT molecular complexity index is 650. The highest BCUT2D eigenvalue weighted by Crippen LogP contribution is 2.33. The Morgan fingerprint density at radius 3 is 2.76 bits per heavy atom. The fourth-order valence-corrected chi connectivity index (χ4v) is 3.20. The van der Waals surface area contributed by atoms with Crippen LogP contribution in [-0.2, 0) is 0 Å². The zero-order valence-electron chi connectivity index (χ0n) is 11.8. The maximum atomic E-state index is 11.1. The number of hydrogen-bond acceptors (Lipinski definition) is 2. The van der Waals surface area contributed by atoms with E-state index in [9.17, 15) is 9.90 Å². The molecule has 1 amide bonds. The SMILES string of the molecule is O=C(O)N1CCC[C@H]([C@H](O)c2cccc3ccccc23)C1. The number of carboxylic acid groups (broad SMARTS) is 1. The van der Waals surface area contributed by atoms with Crippen LogP contribution in [0.2, 0.25) is 0 Å². The van der Waals surface area contributed by atoms with Gasteiger partial charge in [0.1, 0.15) is 0 Å². The van der Waals surface area contributed by atoms with Crippen molar-refractivity contribution in [1.82, 2.24) is 4.90 Å². The van der Waals surface area contributed by atoms with E-state index in [4.69, 9.17) is 5.11 Å². The zero-order chi connectivity index (χ0) is 14.8. The van der Waals surface area contributed by atoms with Crippen LogP contribution < -0.4 is 0 Å². The number of nitrogens with zero attached hydrogens (tertiary/aromatic N) is 1. The van der Waals surface area contributed by atoms with E-state index in [1.165, 1.54) is 4.90 Å². The fourth-order valence-electron chi connectivity index (χ4n) is 3.20. The molecule has 0 bridgehead atoms. The molecule has 1 fully saturated rings. The number of fused-ring (bicyclic) bond motifs is 1. The minimum Gasteiger partial charge on any atom is -0.465 e. The van der Waals surface area contributed by atoms with Crippen LogP contribution in [0.15, 0.2) is 42.5 Å². The van der Waals surface area contributed by atoms with Crippen LogP contribution in [0, 0.1) is 5.92 Å². The lowest BCUT2D eigenvalue weighted by molar-refractivity contribution is 0.0511. The van der Waals surface area contributed by atoms with Crippen LogP contribution >= 0.6 is 0 Å². The number of aliphatic hydroxyl groups is 1. The molecule has 0 aliphatic carbocycles. The number of benzene rings is 2. The summed E-state index contributed by atoms with van der Waals surface area (Å²) in [5.41, 5.74) is 0.894. The molecule has 4 heteroatoms. The third kappa shape index (κ3) is 2.72. The average molecular weight is 285 g/mol. The van der Waals surface area contributed by atoms with Crippen molar-refractivity contribution in [2.24, 2.45) is 5.92 Å². The second kappa shape index (κ2) is 5.74. The van der Waals surface area contributed by atoms with Gasteiger partial charge in [-0.15, -0.1) is 0 Å². The maximum Gasteiger partial charge on any atom is 0.407 e. The number of hydrogen-bond donors (Lipinski definition) is 2. The molecule has 0 saturated carbocycles. The predicted octanol–water partition coefficient (Wildman–Crippen LogP) is 3.26. The molecule has 0 aromatic heterocycles. The summed E-state index contributed by atoms with van der Waals surface area (Å²) in [5.74, 6) is -0.0411. The van der Waals surface area contributed by atoms with Crippen molar-refractivity contribution in [2.75, 3.05) is 13.1 Å². The molecule has 2 aromatic rings. The Balaban J connectivity index is 1.90. The molecule has 1 saturated heterocycles. The highest BCUT2D eigenvalue weighted by Gasteiger charge is 2.29. The molecule has 3 rings (SSSR count). The fraction of sp³-hybridized carbons (Fsp3) is 0.353. The molecule has 2 atom stereocenters. The van der Waals surface area contributed by atoms with E-state index in [1.54, 1.807) is 0 Å². The molecule has 0 spiro atoms. The van der Waals surface area contributed by atoms with Gasteiger partial charge in [-0.05, 0) is 29.2 Å². The van der Waals surface area contributed by atoms with Gasteiger partial charge in [0.15, 0.2) is 0 Å². The van der Waals surface area contributed by atoms with Gasteiger partial charge in [-0.25, -0.2) is 4.79 Å². The first kappa shape index (κ1) is 13.9. The van der Waals surface area contributed by atoms with E-state index >= 15 is 0 Å². The lowest BCUT2D eigenvalue weighted by Crippen LogP contribution is -2.40. The van der Waals surface area contributed by atoms with Crippen molar-refractivity contribution in [3.05, 3.63) is 48.0 Å². The third-order valence-corrected chi connectivity index (χ3v) is 4.32. The smallest absolute Gasteiger partial charge is 0.407 e. The first-order valence-corrected chi connectivity index (χ1v) is 7.30. The van der Waals surface area contributed by atoms with Crippen molar-refractivity contribution in [2.45, 2.75) is 18.9 Å². The van der Waals surface area contributed by atoms with E-state index in [-0.39, 0.29) is 5.92 Å². The van der Waals surface area contributed by atoms with Crippen molar-refractivity contribution < 1.29 is 15.0 Å². The quantitative estimate of drug-likeness (QED) is 0.890. The predicted molar refractivity (Wildman–Crippen MR) is 81.2 cm³/mol. The Morgan fingerprint density at radius 2 is 1.95 bits per heavy atom. The largest absolute Gasteiger partial charge is 0.465 e. The van der Waals surface area contributed by atoms with Crippen LogP contribution in [0.4, 0.5) is 4.79 Å². The summed E-state index contributed by atoms with van der Waals surface area (Å²) in [5, 5.41) is 22.0. The number of amides is 1. The van der Waals surface area contributed by atoms with Crippen LogP contribution in [0.3, 0.4) is 0 Å². The van der Waals surface area contributed by atoms with Gasteiger partial charge < -0.3 is 15.1 Å². The molecule has 21 heavy (non-hydrogen) atoms. The van der Waals surface area contributed by atoms with Gasteiger partial charge in [0.25, 0.3) is 0 Å². The number of carbonyl (C=O) groups is 1. The third-order valence-electron chi connectivity index (χ3n) is 4.32. The van der Waals surface area contributed by atoms with Crippen molar-refractivity contribution >= 4 is 16.9 Å². The van der Waals surface area contributed by atoms with Gasteiger partial charge in [0.05, 0.1) is 6.10 Å². The van der Waals surface area contributed by atoms with Crippen LogP contribution in [0.25, 0.3) is 10.8 Å². The molecule has 1 heterocycles. The van der Waals surface area contributed by atoms with Crippen molar-refractivity contribution in [3.63, 3.8) is 0 Å². The highest BCUT2D eigenvalue weighted by molar-refractivity contribution is 5.86. The summed E-state index contributed by atoms with van der Waals surface area (Å²) in [6.45, 7) is 0.966. The van der Waals surface area contributed by atoms with Gasteiger partial charge >= 0.3 is 6.09 Å². The Labute approximate surface area is 123 Å². The summed E-state index contributed by atoms with van der Waals surface area (Å²) in [4.78, 5) is 12.5. The second-order valence-electron chi connectivity index (χ2n) is 5.64. The van der Waals surface area contributed by atoms with Gasteiger partial charge in [-0.2, -0.15) is 0 Å². The molecule has 2 N–H and O–H groups in total. The first-order valence-electron chi connectivity index (χ1n) is 7.30. The van der Waals surface area contributed by atoms with E-state index in [1.807, 2.05) is 42.5 Å². The lowest BCUT2D eigenvalue weighted by Gasteiger charge is -2.33. The normalized spacial score (nSPS) is 20.4. The Hall–Kier alpha value is -2.07. The number of aliphatic hydroxyl groups excluding tert-OH is 1. The summed E-state index contributed by atoms with van der Waals surface area (Å²) in [7, 11) is 0. The Kier molecular flexibility index (Phi) is 3.80. The standard InChI is InChI=1S/C17H19NO3/c19-16(13-7-4-10-18(11-13)17(20)21)15-9-3-6-12-5-1-2-8-14(12)15/h1-3,5-6,8-9,13,16,19H,4,7,10-11H2,(H,20,21)/t13-,16-/m0/s1. The molecule has 2 aromatic carbocycles. The summed E-state index contributed by atoms with van der Waals surface area (Å²) in [6, 6.07) is 13.9. The monoisotopic (exact) mass is 285 g/mol. The molecule has 0 radical (unpaired) electrons. The summed E-state index contributed by atoms with van der Waals surface area (Å²) < 4.78 is 0. The number of piperidine rings is 1. The Morgan fingerprint density at radius 1 is 1.19 bits per heavy atom. The molecular formula is C17H19NO3. The van der Waals surface area contributed by atoms with Crippen LogP contribution in [-0.4, -0.2) is 34.3 Å². The summed E-state index contributed by atoms with van der Waals surface area (Å²) in [6.07, 6.45) is 0.135. The molecule has 4 nitrogen and oxygen atoms in total. The maximum absolute atomic E-state index is 11.1. The van der Waals surface area contributed by atoms with Crippen LogP contribution in [0.1, 0.15) is 24.5 Å². The molecule has 1 aliphatic heterocycles. The summed E-state index contributed by atoms with van der Waals surface area (Å²) >= 11 is 0. The highest BCUT2D eigenvalue weighted by atomic mass is 16.4. The van der Waals surface area contributed by atoms with E-state index < -0.39 is 12.2 Å². The van der Waals surface area contributed by atoms with Gasteiger partial charge in [0, 0.05) is 19.0 Å². The second-order valence-corrected chi connectivity index (χ2v) is 5.64. The van der Waals surface area contributed by atoms with Crippen LogP contribution in [0.5, 0.6) is 0 Å². The van der Waals surface area contributed by atoms with Gasteiger partial charge in [-0.1, -0.05) is 42.5 Å². The molecule has 110 valence electrons. The topological polar surface area (TPSA) is 60.8 Å². The molecule has 1 aliphatic rings. The van der Waals surface area contributed by atoms with Gasteiger partial charge in [0.2, 0.25) is 0 Å². The lowest BCUT2D eigenvalue weighted by atomic mass is 9.86.